The number of halogens is 1. The quantitative estimate of drug-likeness (QED) is 0.461. The molecule has 136 valence electrons. The molecule has 3 aromatic rings. The molecule has 2 heterocycles. The van der Waals surface area contributed by atoms with Gasteiger partial charge in [-0.05, 0) is 43.8 Å². The third kappa shape index (κ3) is 3.89. The summed E-state index contributed by atoms with van der Waals surface area (Å²) in [5.41, 5.74) is 1.44. The molecular formula is C19H18BrNO5. The first-order chi connectivity index (χ1) is 12.4. The summed E-state index contributed by atoms with van der Waals surface area (Å²) in [6.45, 7) is 2.73. The zero-order valence-corrected chi connectivity index (χ0v) is 16.3. The Labute approximate surface area is 158 Å². The van der Waals surface area contributed by atoms with Crippen LogP contribution in [0.3, 0.4) is 0 Å². The van der Waals surface area contributed by atoms with E-state index < -0.39 is 5.97 Å². The number of methoxy groups -OCH3 is 1. The van der Waals surface area contributed by atoms with Crippen molar-refractivity contribution in [1.29, 1.82) is 0 Å². The molecule has 0 aliphatic carbocycles. The molecule has 7 heteroatoms. The maximum Gasteiger partial charge on any atom is 0.341 e. The van der Waals surface area contributed by atoms with Crippen LogP contribution in [0.4, 0.5) is 0 Å². The van der Waals surface area contributed by atoms with Crippen LogP contribution in [-0.2, 0) is 17.8 Å². The van der Waals surface area contributed by atoms with E-state index >= 15 is 0 Å². The van der Waals surface area contributed by atoms with Gasteiger partial charge in [0, 0.05) is 22.5 Å². The number of benzene rings is 1. The highest BCUT2D eigenvalue weighted by Gasteiger charge is 2.17. The summed E-state index contributed by atoms with van der Waals surface area (Å²) in [6, 6.07) is 8.79. The van der Waals surface area contributed by atoms with Crippen LogP contribution < -0.4 is 5.63 Å². The molecule has 26 heavy (non-hydrogen) atoms. The van der Waals surface area contributed by atoms with E-state index in [1.807, 2.05) is 24.1 Å². The van der Waals surface area contributed by atoms with Crippen LogP contribution in [0.15, 0.2) is 48.4 Å². The Kier molecular flexibility index (Phi) is 5.29. The van der Waals surface area contributed by atoms with Crippen molar-refractivity contribution in [2.24, 2.45) is 0 Å². The summed E-state index contributed by atoms with van der Waals surface area (Å²) in [6.07, 6.45) is 0. The molecule has 0 fully saturated rings. The minimum atomic E-state index is -0.419. The number of hydrogen-bond acceptors (Lipinski definition) is 6. The average Bonchev–Trinajstić information content (AvgIpc) is 2.93. The number of furan rings is 1. The average molecular weight is 420 g/mol. The van der Waals surface area contributed by atoms with Gasteiger partial charge in [-0.2, -0.15) is 0 Å². The van der Waals surface area contributed by atoms with Crippen molar-refractivity contribution in [2.75, 3.05) is 14.2 Å². The molecule has 0 spiro atoms. The number of carbonyl (C=O) groups is 1. The molecule has 0 atom stereocenters. The van der Waals surface area contributed by atoms with Crippen molar-refractivity contribution < 1.29 is 18.4 Å². The fourth-order valence-electron chi connectivity index (χ4n) is 2.88. The lowest BCUT2D eigenvalue weighted by Crippen LogP contribution is -2.18. The Hall–Kier alpha value is -2.38. The van der Waals surface area contributed by atoms with Gasteiger partial charge in [-0.25, -0.2) is 9.59 Å². The van der Waals surface area contributed by atoms with Crippen LogP contribution in [0.2, 0.25) is 0 Å². The number of aryl methyl sites for hydroxylation is 1. The summed E-state index contributed by atoms with van der Waals surface area (Å²) in [5.74, 6) is 0.758. The fraction of sp³-hybridized carbons (Fsp3) is 0.263. The molecule has 0 bridgehead atoms. The lowest BCUT2D eigenvalue weighted by atomic mass is 10.1. The van der Waals surface area contributed by atoms with E-state index in [-0.39, 0.29) is 5.63 Å². The third-order valence-electron chi connectivity index (χ3n) is 4.03. The SMILES string of the molecule is COC(=O)c1cc(CN(C)Cc2cc(=O)oc3cc(Br)ccc23)oc1C. The molecule has 0 radical (unpaired) electrons. The molecule has 0 aliphatic heterocycles. The van der Waals surface area contributed by atoms with Crippen LogP contribution >= 0.6 is 15.9 Å². The normalized spacial score (nSPS) is 11.3. The highest BCUT2D eigenvalue weighted by Crippen LogP contribution is 2.23. The Bertz CT molecular complexity index is 1020. The fourth-order valence-corrected chi connectivity index (χ4v) is 3.22. The van der Waals surface area contributed by atoms with Crippen molar-refractivity contribution in [1.82, 2.24) is 4.90 Å². The minimum absolute atomic E-state index is 0.388. The molecule has 0 aliphatic rings. The standard InChI is InChI=1S/C19H18BrNO5/c1-11-16(19(23)24-3)8-14(25-11)10-21(2)9-12-6-18(22)26-17-7-13(20)4-5-15(12)17/h4-8H,9-10H2,1-3H3. The summed E-state index contributed by atoms with van der Waals surface area (Å²) >= 11 is 3.38. The number of hydrogen-bond donors (Lipinski definition) is 0. The highest BCUT2D eigenvalue weighted by atomic mass is 79.9. The minimum Gasteiger partial charge on any atom is -0.465 e. The largest absolute Gasteiger partial charge is 0.465 e. The van der Waals surface area contributed by atoms with E-state index in [9.17, 15) is 9.59 Å². The Morgan fingerprint density at radius 3 is 2.69 bits per heavy atom. The second-order valence-corrected chi connectivity index (χ2v) is 6.99. The summed E-state index contributed by atoms with van der Waals surface area (Å²) < 4.78 is 16.5. The van der Waals surface area contributed by atoms with Gasteiger partial charge < -0.3 is 13.6 Å². The smallest absolute Gasteiger partial charge is 0.341 e. The van der Waals surface area contributed by atoms with Crippen LogP contribution in [0.1, 0.15) is 27.4 Å². The van der Waals surface area contributed by atoms with Crippen molar-refractivity contribution in [3.8, 4) is 0 Å². The zero-order valence-electron chi connectivity index (χ0n) is 14.7. The van der Waals surface area contributed by atoms with Crippen molar-refractivity contribution in [3.05, 3.63) is 67.9 Å². The molecular weight excluding hydrogens is 402 g/mol. The van der Waals surface area contributed by atoms with Gasteiger partial charge in [-0.15, -0.1) is 0 Å². The van der Waals surface area contributed by atoms with Gasteiger partial charge in [0.1, 0.15) is 22.7 Å². The molecule has 6 nitrogen and oxygen atoms in total. The Morgan fingerprint density at radius 1 is 1.19 bits per heavy atom. The van der Waals surface area contributed by atoms with Gasteiger partial charge in [0.25, 0.3) is 0 Å². The van der Waals surface area contributed by atoms with Crippen LogP contribution in [0.25, 0.3) is 11.0 Å². The Morgan fingerprint density at radius 2 is 1.96 bits per heavy atom. The number of nitrogens with zero attached hydrogens (tertiary/aromatic N) is 1. The summed E-state index contributed by atoms with van der Waals surface area (Å²) in [7, 11) is 3.25. The number of rotatable bonds is 5. The number of fused-ring (bicyclic) bond motifs is 1. The molecule has 2 aromatic heterocycles. The zero-order chi connectivity index (χ0) is 18.8. The number of esters is 1. The van der Waals surface area contributed by atoms with Gasteiger partial charge in [0.15, 0.2) is 0 Å². The second kappa shape index (κ2) is 7.47. The van der Waals surface area contributed by atoms with Gasteiger partial charge in [-0.3, -0.25) is 4.90 Å². The molecule has 0 saturated heterocycles. The third-order valence-corrected chi connectivity index (χ3v) is 4.53. The maximum atomic E-state index is 11.8. The first-order valence-electron chi connectivity index (χ1n) is 7.96. The second-order valence-electron chi connectivity index (χ2n) is 6.08. The van der Waals surface area contributed by atoms with E-state index in [0.717, 1.165) is 15.4 Å². The lowest BCUT2D eigenvalue weighted by Gasteiger charge is -2.16. The monoisotopic (exact) mass is 419 g/mol. The van der Waals surface area contributed by atoms with E-state index in [2.05, 4.69) is 15.9 Å². The number of carbonyl (C=O) groups excluding carboxylic acids is 1. The Balaban J connectivity index is 1.83. The first kappa shape index (κ1) is 18.4. The van der Waals surface area contributed by atoms with E-state index in [4.69, 9.17) is 13.6 Å². The summed E-state index contributed by atoms with van der Waals surface area (Å²) in [5, 5.41) is 0.880. The molecule has 3 rings (SSSR count). The van der Waals surface area contributed by atoms with Crippen LogP contribution in [0, 0.1) is 6.92 Å². The van der Waals surface area contributed by atoms with Gasteiger partial charge in [0.2, 0.25) is 0 Å². The molecule has 0 N–H and O–H groups in total. The van der Waals surface area contributed by atoms with E-state index in [1.54, 1.807) is 19.1 Å². The molecule has 1 aromatic carbocycles. The van der Waals surface area contributed by atoms with Gasteiger partial charge in [0.05, 0.1) is 13.7 Å². The van der Waals surface area contributed by atoms with E-state index in [0.29, 0.717) is 35.8 Å². The lowest BCUT2D eigenvalue weighted by molar-refractivity contribution is 0.0599. The predicted octanol–water partition coefficient (Wildman–Crippen LogP) is 3.88. The molecule has 0 saturated carbocycles. The van der Waals surface area contributed by atoms with Gasteiger partial charge in [-0.1, -0.05) is 15.9 Å². The van der Waals surface area contributed by atoms with Gasteiger partial charge >= 0.3 is 11.6 Å². The molecule has 0 amide bonds. The number of ether oxygens (including phenoxy) is 1. The van der Waals surface area contributed by atoms with Crippen molar-refractivity contribution in [3.63, 3.8) is 0 Å². The van der Waals surface area contributed by atoms with Crippen molar-refractivity contribution >= 4 is 32.9 Å². The first-order valence-corrected chi connectivity index (χ1v) is 8.75. The van der Waals surface area contributed by atoms with Crippen LogP contribution in [0.5, 0.6) is 0 Å². The highest BCUT2D eigenvalue weighted by molar-refractivity contribution is 9.10. The molecule has 0 unspecified atom stereocenters. The maximum absolute atomic E-state index is 11.8. The topological polar surface area (TPSA) is 72.9 Å². The predicted molar refractivity (Wildman–Crippen MR) is 100 cm³/mol. The van der Waals surface area contributed by atoms with Crippen molar-refractivity contribution in [2.45, 2.75) is 20.0 Å². The van der Waals surface area contributed by atoms with E-state index in [1.165, 1.54) is 13.2 Å². The summed E-state index contributed by atoms with van der Waals surface area (Å²) in [4.78, 5) is 25.5. The van der Waals surface area contributed by atoms with Crippen LogP contribution in [-0.4, -0.2) is 25.0 Å².